The van der Waals surface area contributed by atoms with E-state index in [-0.39, 0.29) is 42.0 Å². The maximum Gasteiger partial charge on any atom is 0.407 e. The number of amides is 1. The minimum Gasteiger partial charge on any atom is -0.449 e. The number of H-pyrrole nitrogens is 1. The van der Waals surface area contributed by atoms with E-state index in [2.05, 4.69) is 49.7 Å². The molecule has 2 heterocycles. The van der Waals surface area contributed by atoms with Crippen molar-refractivity contribution in [2.45, 2.75) is 24.5 Å². The van der Waals surface area contributed by atoms with Crippen LogP contribution in [-0.2, 0) is 4.74 Å². The molecule has 1 aliphatic carbocycles. The second-order valence-corrected chi connectivity index (χ2v) is 8.41. The number of aromatic amines is 1. The number of benzene rings is 2. The lowest BCUT2D eigenvalue weighted by Crippen LogP contribution is -2.30. The largest absolute Gasteiger partial charge is 0.449 e. The molecule has 174 valence electrons. The summed E-state index contributed by atoms with van der Waals surface area (Å²) in [6.07, 6.45) is -1.74. The molecule has 2 aromatic heterocycles. The van der Waals surface area contributed by atoms with Gasteiger partial charge in [0.2, 0.25) is 0 Å². The van der Waals surface area contributed by atoms with Crippen LogP contribution < -0.4 is 5.32 Å². The summed E-state index contributed by atoms with van der Waals surface area (Å²) in [7, 11) is 0. The Bertz CT molecular complexity index is 1300. The van der Waals surface area contributed by atoms with E-state index in [4.69, 9.17) is 16.3 Å². The molecule has 34 heavy (non-hydrogen) atoms. The third-order valence-electron chi connectivity index (χ3n) is 6.05. The van der Waals surface area contributed by atoms with Crippen LogP contribution in [0.5, 0.6) is 0 Å². The molecule has 5 rings (SSSR count). The van der Waals surface area contributed by atoms with Crippen molar-refractivity contribution in [3.05, 3.63) is 76.8 Å². The second-order valence-electron chi connectivity index (χ2n) is 8.05. The summed E-state index contributed by atoms with van der Waals surface area (Å²) in [6, 6.07) is 16.2. The van der Waals surface area contributed by atoms with Crippen molar-refractivity contribution in [2.75, 3.05) is 13.2 Å². The normalized spacial score (nSPS) is 14.4. The number of aliphatic hydroxyl groups is 2. The van der Waals surface area contributed by atoms with Gasteiger partial charge in [-0.1, -0.05) is 60.1 Å². The van der Waals surface area contributed by atoms with E-state index in [1.54, 1.807) is 0 Å². The predicted molar refractivity (Wildman–Crippen MR) is 125 cm³/mol. The number of carbonyl (C=O) groups is 1. The first-order valence-corrected chi connectivity index (χ1v) is 11.2. The summed E-state index contributed by atoms with van der Waals surface area (Å²) < 4.78 is 5.48. The summed E-state index contributed by atoms with van der Waals surface area (Å²) in [5.41, 5.74) is 5.07. The van der Waals surface area contributed by atoms with Crippen LogP contribution >= 0.6 is 11.6 Å². The predicted octanol–water partition coefficient (Wildman–Crippen LogP) is 3.33. The van der Waals surface area contributed by atoms with Crippen molar-refractivity contribution >= 4 is 28.7 Å². The Labute approximate surface area is 199 Å². The number of aromatic nitrogens is 4. The summed E-state index contributed by atoms with van der Waals surface area (Å²) in [5.74, 6) is -0.0359. The topological polar surface area (TPSA) is 133 Å². The summed E-state index contributed by atoms with van der Waals surface area (Å²) >= 11 is 6.07. The minimum absolute atomic E-state index is 0.0359. The van der Waals surface area contributed by atoms with Crippen LogP contribution in [-0.4, -0.2) is 55.7 Å². The standard InChI is InChI=1S/C24H22ClN5O4/c25-22-19-20(29-30-23(19)28-12-27-22)21(32)18(31)9-10-26-24(33)34-11-17-15-7-3-1-5-13(15)14-6-2-4-8-16(14)17/h1-8,12,17-18,21,31-32H,9-11H2,(H,26,33)(H,27,28,29,30). The fourth-order valence-corrected chi connectivity index (χ4v) is 4.61. The number of nitrogens with zero attached hydrogens (tertiary/aromatic N) is 3. The van der Waals surface area contributed by atoms with Crippen LogP contribution in [0.2, 0.25) is 5.15 Å². The van der Waals surface area contributed by atoms with Gasteiger partial charge in [0.1, 0.15) is 24.2 Å². The highest BCUT2D eigenvalue weighted by atomic mass is 35.5. The van der Waals surface area contributed by atoms with E-state index < -0.39 is 18.3 Å². The smallest absolute Gasteiger partial charge is 0.407 e. The highest BCUT2D eigenvalue weighted by Gasteiger charge is 2.29. The molecule has 0 bridgehead atoms. The first kappa shape index (κ1) is 22.3. The van der Waals surface area contributed by atoms with E-state index in [1.165, 1.54) is 6.33 Å². The number of nitrogens with one attached hydrogen (secondary N) is 2. The van der Waals surface area contributed by atoms with E-state index >= 15 is 0 Å². The van der Waals surface area contributed by atoms with Gasteiger partial charge >= 0.3 is 6.09 Å². The van der Waals surface area contributed by atoms with Gasteiger partial charge in [-0.25, -0.2) is 14.8 Å². The zero-order valence-electron chi connectivity index (χ0n) is 18.0. The van der Waals surface area contributed by atoms with Gasteiger partial charge < -0.3 is 20.3 Å². The molecule has 4 N–H and O–H groups in total. The average molecular weight is 480 g/mol. The van der Waals surface area contributed by atoms with Crippen LogP contribution in [0.3, 0.4) is 0 Å². The SMILES string of the molecule is O=C(NCCC(O)C(O)c1[nH]nc2ncnc(Cl)c12)OCC1c2ccccc2-c2ccccc21. The summed E-state index contributed by atoms with van der Waals surface area (Å²) in [4.78, 5) is 20.1. The highest BCUT2D eigenvalue weighted by Crippen LogP contribution is 2.44. The van der Waals surface area contributed by atoms with Gasteiger partial charge in [0, 0.05) is 12.5 Å². The van der Waals surface area contributed by atoms with Crippen LogP contribution in [0.4, 0.5) is 4.79 Å². The fraction of sp³-hybridized carbons (Fsp3) is 0.250. The van der Waals surface area contributed by atoms with Crippen molar-refractivity contribution < 1.29 is 19.7 Å². The van der Waals surface area contributed by atoms with Crippen molar-refractivity contribution in [1.29, 1.82) is 0 Å². The third-order valence-corrected chi connectivity index (χ3v) is 6.33. The van der Waals surface area contributed by atoms with Crippen molar-refractivity contribution in [1.82, 2.24) is 25.5 Å². The van der Waals surface area contributed by atoms with Crippen molar-refractivity contribution in [2.24, 2.45) is 0 Å². The lowest BCUT2D eigenvalue weighted by atomic mass is 9.98. The molecule has 0 spiro atoms. The van der Waals surface area contributed by atoms with Gasteiger partial charge in [-0.05, 0) is 28.7 Å². The average Bonchev–Trinajstić information content (AvgIpc) is 3.43. The molecule has 0 fully saturated rings. The van der Waals surface area contributed by atoms with E-state index in [9.17, 15) is 15.0 Å². The molecule has 2 atom stereocenters. The number of aliphatic hydroxyl groups excluding tert-OH is 2. The molecule has 0 saturated heterocycles. The quantitative estimate of drug-likeness (QED) is 0.299. The number of halogens is 1. The lowest BCUT2D eigenvalue weighted by molar-refractivity contribution is 0.0119. The Morgan fingerprint density at radius 3 is 2.47 bits per heavy atom. The van der Waals surface area contributed by atoms with Gasteiger partial charge in [0.05, 0.1) is 17.2 Å². The number of carbonyl (C=O) groups excluding carboxylic acids is 1. The highest BCUT2D eigenvalue weighted by molar-refractivity contribution is 6.34. The monoisotopic (exact) mass is 479 g/mol. The van der Waals surface area contributed by atoms with Crippen LogP contribution in [0.1, 0.15) is 35.3 Å². The number of rotatable bonds is 7. The number of alkyl carbamates (subject to hydrolysis) is 1. The molecule has 10 heteroatoms. The first-order valence-electron chi connectivity index (χ1n) is 10.8. The number of hydrogen-bond acceptors (Lipinski definition) is 7. The molecule has 1 aliphatic rings. The van der Waals surface area contributed by atoms with Crippen molar-refractivity contribution in [3.63, 3.8) is 0 Å². The number of hydrogen-bond donors (Lipinski definition) is 4. The van der Waals surface area contributed by atoms with Gasteiger partial charge in [0.15, 0.2) is 5.65 Å². The van der Waals surface area contributed by atoms with Crippen LogP contribution in [0.25, 0.3) is 22.2 Å². The first-order chi connectivity index (χ1) is 16.5. The Morgan fingerprint density at radius 1 is 1.09 bits per heavy atom. The van der Waals surface area contributed by atoms with Crippen molar-refractivity contribution in [3.8, 4) is 11.1 Å². The number of fused-ring (bicyclic) bond motifs is 4. The second kappa shape index (κ2) is 9.38. The van der Waals surface area contributed by atoms with E-state index in [0.717, 1.165) is 22.3 Å². The lowest BCUT2D eigenvalue weighted by Gasteiger charge is -2.18. The van der Waals surface area contributed by atoms with Gasteiger partial charge in [0.25, 0.3) is 0 Å². The molecule has 4 aromatic rings. The molecule has 0 saturated carbocycles. The Kier molecular flexibility index (Phi) is 6.14. The van der Waals surface area contributed by atoms with Gasteiger partial charge in [-0.2, -0.15) is 5.10 Å². The molecular weight excluding hydrogens is 458 g/mol. The van der Waals surface area contributed by atoms with Gasteiger partial charge in [-0.3, -0.25) is 5.10 Å². The molecule has 2 unspecified atom stereocenters. The Balaban J connectivity index is 1.15. The maximum atomic E-state index is 12.3. The minimum atomic E-state index is -1.31. The van der Waals surface area contributed by atoms with E-state index in [1.807, 2.05) is 24.3 Å². The molecule has 2 aromatic carbocycles. The zero-order chi connectivity index (χ0) is 23.7. The van der Waals surface area contributed by atoms with E-state index in [0.29, 0.717) is 5.39 Å². The zero-order valence-corrected chi connectivity index (χ0v) is 18.7. The Morgan fingerprint density at radius 2 is 1.76 bits per heavy atom. The summed E-state index contributed by atoms with van der Waals surface area (Å²) in [5, 5.41) is 30.6. The maximum absolute atomic E-state index is 12.3. The third kappa shape index (κ3) is 4.09. The molecule has 1 amide bonds. The Hall–Kier alpha value is -3.53. The molecule has 0 aliphatic heterocycles. The van der Waals surface area contributed by atoms with Crippen LogP contribution in [0, 0.1) is 0 Å². The summed E-state index contributed by atoms with van der Waals surface area (Å²) in [6.45, 7) is 0.300. The van der Waals surface area contributed by atoms with Crippen LogP contribution in [0.15, 0.2) is 54.9 Å². The molecular formula is C24H22ClN5O4. The fourth-order valence-electron chi connectivity index (χ4n) is 4.38. The molecule has 0 radical (unpaired) electrons. The van der Waals surface area contributed by atoms with Gasteiger partial charge in [-0.15, -0.1) is 0 Å². The molecule has 9 nitrogen and oxygen atoms in total. The number of ether oxygens (including phenoxy) is 1.